The van der Waals surface area contributed by atoms with E-state index in [9.17, 15) is 0 Å². The minimum atomic E-state index is 0.262. The van der Waals surface area contributed by atoms with Gasteiger partial charge in [0.2, 0.25) is 6.79 Å². The lowest BCUT2D eigenvalue weighted by molar-refractivity contribution is 0.174. The van der Waals surface area contributed by atoms with Crippen molar-refractivity contribution in [1.82, 2.24) is 19.7 Å². The highest BCUT2D eigenvalue weighted by Gasteiger charge is 2.25. The first-order valence-corrected chi connectivity index (χ1v) is 12.9. The van der Waals surface area contributed by atoms with Crippen LogP contribution in [0, 0.1) is 6.92 Å². The van der Waals surface area contributed by atoms with Crippen LogP contribution in [0.5, 0.6) is 11.5 Å². The first kappa shape index (κ1) is 23.1. The summed E-state index contributed by atoms with van der Waals surface area (Å²) in [7, 11) is 0. The molecule has 0 bridgehead atoms. The van der Waals surface area contributed by atoms with Crippen molar-refractivity contribution in [2.24, 2.45) is 0 Å². The van der Waals surface area contributed by atoms with Gasteiger partial charge in [-0.2, -0.15) is 5.10 Å². The molecule has 1 saturated heterocycles. The van der Waals surface area contributed by atoms with Crippen molar-refractivity contribution < 1.29 is 9.47 Å². The summed E-state index contributed by atoms with van der Waals surface area (Å²) in [5.41, 5.74) is 5.51. The van der Waals surface area contributed by atoms with Crippen LogP contribution < -0.4 is 14.4 Å². The summed E-state index contributed by atoms with van der Waals surface area (Å²) >= 11 is 6.37. The topological polar surface area (TPSA) is 55.7 Å². The van der Waals surface area contributed by atoms with Gasteiger partial charge < -0.3 is 14.4 Å². The van der Waals surface area contributed by atoms with E-state index in [0.717, 1.165) is 77.0 Å². The highest BCUT2D eigenvalue weighted by Crippen LogP contribution is 2.38. The number of hydrogen-bond acceptors (Lipinski definition) is 6. The molecular weight excluding hydrogens is 474 g/mol. The van der Waals surface area contributed by atoms with Gasteiger partial charge in [0.15, 0.2) is 11.5 Å². The summed E-state index contributed by atoms with van der Waals surface area (Å²) in [5.74, 6) is 1.57. The van der Waals surface area contributed by atoms with E-state index < -0.39 is 0 Å². The SMILES string of the molecule is Cc1c(Cl)cccc1N1CCN(C(C)Cc2nn(Cc3ccccn3)c3cc4c(cc23)OCO4)CC1. The van der Waals surface area contributed by atoms with Crippen LogP contribution in [0.4, 0.5) is 5.69 Å². The van der Waals surface area contributed by atoms with Crippen molar-refractivity contribution in [2.45, 2.75) is 32.9 Å². The molecule has 1 atom stereocenters. The summed E-state index contributed by atoms with van der Waals surface area (Å²) in [6.45, 7) is 9.26. The van der Waals surface area contributed by atoms with Crippen molar-refractivity contribution in [3.8, 4) is 11.5 Å². The molecule has 2 aromatic carbocycles. The van der Waals surface area contributed by atoms with E-state index in [1.165, 1.54) is 5.69 Å². The van der Waals surface area contributed by atoms with Crippen LogP contribution in [-0.2, 0) is 13.0 Å². The molecular formula is C28H30ClN5O2. The van der Waals surface area contributed by atoms with Gasteiger partial charge in [-0.05, 0) is 49.7 Å². The second-order valence-electron chi connectivity index (χ2n) is 9.61. The van der Waals surface area contributed by atoms with Gasteiger partial charge in [0.25, 0.3) is 0 Å². The molecule has 1 fully saturated rings. The molecule has 186 valence electrons. The molecule has 2 aliphatic rings. The fraction of sp³-hybridized carbons (Fsp3) is 0.357. The Balaban J connectivity index is 1.21. The Bertz CT molecular complexity index is 1380. The van der Waals surface area contributed by atoms with Gasteiger partial charge in [-0.15, -0.1) is 0 Å². The molecule has 2 aliphatic heterocycles. The van der Waals surface area contributed by atoms with E-state index in [2.05, 4.69) is 40.8 Å². The number of piperazine rings is 1. The van der Waals surface area contributed by atoms with Crippen molar-refractivity contribution in [3.05, 3.63) is 76.7 Å². The predicted octanol–water partition coefficient (Wildman–Crippen LogP) is 4.92. The molecule has 0 saturated carbocycles. The number of hydrogen-bond donors (Lipinski definition) is 0. The first-order chi connectivity index (χ1) is 17.6. The minimum absolute atomic E-state index is 0.262. The lowest BCUT2D eigenvalue weighted by Crippen LogP contribution is -2.50. The zero-order valence-electron chi connectivity index (χ0n) is 20.7. The zero-order chi connectivity index (χ0) is 24.6. The molecule has 0 aliphatic carbocycles. The molecule has 4 heterocycles. The maximum absolute atomic E-state index is 6.37. The number of anilines is 1. The summed E-state index contributed by atoms with van der Waals surface area (Å²) < 4.78 is 13.4. The number of fused-ring (bicyclic) bond motifs is 2. The summed E-state index contributed by atoms with van der Waals surface area (Å²) in [5, 5.41) is 7.01. The van der Waals surface area contributed by atoms with E-state index in [0.29, 0.717) is 12.6 Å². The highest BCUT2D eigenvalue weighted by molar-refractivity contribution is 6.31. The minimum Gasteiger partial charge on any atom is -0.454 e. The van der Waals surface area contributed by atoms with Gasteiger partial charge in [0, 0.05) is 67.0 Å². The fourth-order valence-electron chi connectivity index (χ4n) is 5.30. The van der Waals surface area contributed by atoms with Gasteiger partial charge in [-0.3, -0.25) is 14.6 Å². The molecule has 8 heteroatoms. The smallest absolute Gasteiger partial charge is 0.231 e. The fourth-order valence-corrected chi connectivity index (χ4v) is 5.47. The largest absolute Gasteiger partial charge is 0.454 e. The lowest BCUT2D eigenvalue weighted by Gasteiger charge is -2.39. The number of aromatic nitrogens is 3. The average Bonchev–Trinajstić information content (AvgIpc) is 3.49. The molecule has 4 aromatic rings. The zero-order valence-corrected chi connectivity index (χ0v) is 21.4. The van der Waals surface area contributed by atoms with Gasteiger partial charge in [0.1, 0.15) is 0 Å². The monoisotopic (exact) mass is 503 g/mol. The van der Waals surface area contributed by atoms with E-state index in [1.807, 2.05) is 47.3 Å². The maximum atomic E-state index is 6.37. The van der Waals surface area contributed by atoms with Crippen molar-refractivity contribution in [3.63, 3.8) is 0 Å². The third kappa shape index (κ3) is 4.38. The van der Waals surface area contributed by atoms with Crippen LogP contribution in [0.2, 0.25) is 5.02 Å². The quantitative estimate of drug-likeness (QED) is 0.372. The Morgan fingerprint density at radius 1 is 1.00 bits per heavy atom. The molecule has 0 spiro atoms. The maximum Gasteiger partial charge on any atom is 0.231 e. The van der Waals surface area contributed by atoms with Crippen LogP contribution in [0.15, 0.2) is 54.7 Å². The van der Waals surface area contributed by atoms with E-state index in [1.54, 1.807) is 0 Å². The van der Waals surface area contributed by atoms with Crippen molar-refractivity contribution >= 4 is 28.2 Å². The van der Waals surface area contributed by atoms with Crippen molar-refractivity contribution in [1.29, 1.82) is 0 Å². The number of benzene rings is 2. The molecule has 6 rings (SSSR count). The van der Waals surface area contributed by atoms with Gasteiger partial charge in [-0.25, -0.2) is 0 Å². The van der Waals surface area contributed by atoms with E-state index in [-0.39, 0.29) is 6.79 Å². The molecule has 2 aromatic heterocycles. The second kappa shape index (κ2) is 9.64. The Kier molecular flexibility index (Phi) is 6.19. The van der Waals surface area contributed by atoms with Crippen molar-refractivity contribution in [2.75, 3.05) is 37.9 Å². The average molecular weight is 504 g/mol. The predicted molar refractivity (Wildman–Crippen MR) is 142 cm³/mol. The Hall–Kier alpha value is -3.29. The van der Waals surface area contributed by atoms with Gasteiger partial charge in [-0.1, -0.05) is 23.7 Å². The van der Waals surface area contributed by atoms with Crippen LogP contribution >= 0.6 is 11.6 Å². The lowest BCUT2D eigenvalue weighted by atomic mass is 10.1. The molecule has 0 radical (unpaired) electrons. The standard InChI is InChI=1S/C28H30ClN5O2/c1-19(32-10-12-33(13-11-32)25-8-5-7-23(29)20(25)2)14-24-22-15-27-28(36-18-35-27)16-26(22)34(31-24)17-21-6-3-4-9-30-21/h3-9,15-16,19H,10-14,17-18H2,1-2H3. The third-order valence-corrected chi connectivity index (χ3v) is 7.77. The summed E-state index contributed by atoms with van der Waals surface area (Å²) in [6.07, 6.45) is 2.69. The Morgan fingerprint density at radius 2 is 1.81 bits per heavy atom. The number of rotatable bonds is 6. The highest BCUT2D eigenvalue weighted by atomic mass is 35.5. The second-order valence-corrected chi connectivity index (χ2v) is 10.0. The van der Waals surface area contributed by atoms with Crippen LogP contribution in [-0.4, -0.2) is 58.7 Å². The van der Waals surface area contributed by atoms with Gasteiger partial charge in [0.05, 0.1) is 23.4 Å². The number of ether oxygens (including phenoxy) is 2. The van der Waals surface area contributed by atoms with E-state index >= 15 is 0 Å². The number of nitrogens with zero attached hydrogens (tertiary/aromatic N) is 5. The third-order valence-electron chi connectivity index (χ3n) is 7.37. The first-order valence-electron chi connectivity index (χ1n) is 12.5. The van der Waals surface area contributed by atoms with Crippen LogP contribution in [0.25, 0.3) is 10.9 Å². The molecule has 0 N–H and O–H groups in total. The molecule has 36 heavy (non-hydrogen) atoms. The molecule has 7 nitrogen and oxygen atoms in total. The summed E-state index contributed by atoms with van der Waals surface area (Å²) in [4.78, 5) is 9.51. The number of halogens is 1. The number of pyridine rings is 1. The Labute approximate surface area is 216 Å². The van der Waals surface area contributed by atoms with E-state index in [4.69, 9.17) is 26.2 Å². The van der Waals surface area contributed by atoms with Crippen LogP contribution in [0.3, 0.4) is 0 Å². The van der Waals surface area contributed by atoms with Gasteiger partial charge >= 0.3 is 0 Å². The molecule has 1 unspecified atom stereocenters. The normalized spacial score (nSPS) is 16.6. The Morgan fingerprint density at radius 3 is 2.58 bits per heavy atom. The van der Waals surface area contributed by atoms with Crippen LogP contribution in [0.1, 0.15) is 23.9 Å². The summed E-state index contributed by atoms with van der Waals surface area (Å²) in [6, 6.07) is 16.6. The molecule has 0 amide bonds.